The largest absolute Gasteiger partial charge is 0.483 e. The number of aliphatic hydroxyl groups is 2. The van der Waals surface area contributed by atoms with E-state index in [0.717, 1.165) is 12.1 Å². The van der Waals surface area contributed by atoms with Crippen molar-refractivity contribution in [1.82, 2.24) is 5.16 Å². The van der Waals surface area contributed by atoms with Gasteiger partial charge in [0, 0.05) is 6.07 Å². The maximum absolute atomic E-state index is 9.53. The molecular weight excluding hydrogens is 230 g/mol. The minimum Gasteiger partial charge on any atom is -0.483 e. The topological polar surface area (TPSA) is 113 Å². The number of hydrogen-bond acceptors (Lipinski definition) is 6. The van der Waals surface area contributed by atoms with E-state index in [1.807, 2.05) is 6.92 Å². The summed E-state index contributed by atoms with van der Waals surface area (Å²) in [7, 11) is 0. The van der Waals surface area contributed by atoms with E-state index >= 15 is 0 Å². The van der Waals surface area contributed by atoms with Gasteiger partial charge in [-0.25, -0.2) is 0 Å². The average Bonchev–Trinajstić information content (AvgIpc) is 2.89. The summed E-state index contributed by atoms with van der Waals surface area (Å²) in [6, 6.07) is 1.74. The van der Waals surface area contributed by atoms with Gasteiger partial charge in [0.25, 0.3) is 6.47 Å². The maximum Gasteiger partial charge on any atom is 0.290 e. The maximum atomic E-state index is 9.53. The lowest BCUT2D eigenvalue weighted by molar-refractivity contribution is -0.122. The summed E-state index contributed by atoms with van der Waals surface area (Å²) in [5, 5.41) is 29.5. The molecule has 7 nitrogen and oxygen atoms in total. The van der Waals surface area contributed by atoms with Gasteiger partial charge in [-0.2, -0.15) is 0 Å². The van der Waals surface area contributed by atoms with Gasteiger partial charge in [0.2, 0.25) is 0 Å². The van der Waals surface area contributed by atoms with E-state index < -0.39 is 18.3 Å². The molecule has 0 aromatic carbocycles. The van der Waals surface area contributed by atoms with Gasteiger partial charge in [-0.15, -0.1) is 0 Å². The summed E-state index contributed by atoms with van der Waals surface area (Å²) in [5.74, 6) is 0.478. The Morgan fingerprint density at radius 2 is 2.24 bits per heavy atom. The molecule has 7 heteroatoms. The van der Waals surface area contributed by atoms with Crippen molar-refractivity contribution in [1.29, 1.82) is 0 Å². The molecule has 0 aliphatic carbocycles. The molecule has 1 aliphatic rings. The van der Waals surface area contributed by atoms with Crippen LogP contribution < -0.4 is 0 Å². The highest BCUT2D eigenvalue weighted by atomic mass is 16.6. The number of ether oxygens (including phenoxy) is 1. The van der Waals surface area contributed by atoms with Gasteiger partial charge in [0.15, 0.2) is 5.76 Å². The molecule has 3 atom stereocenters. The van der Waals surface area contributed by atoms with Gasteiger partial charge in [-0.05, 0) is 6.42 Å². The first-order valence-electron chi connectivity index (χ1n) is 5.15. The van der Waals surface area contributed by atoms with Gasteiger partial charge >= 0.3 is 0 Å². The summed E-state index contributed by atoms with van der Waals surface area (Å²) in [6.45, 7) is 1.84. The smallest absolute Gasteiger partial charge is 0.290 e. The number of carboxylic acid groups (broad SMARTS) is 1. The Labute approximate surface area is 97.6 Å². The molecule has 2 heterocycles. The monoisotopic (exact) mass is 245 g/mol. The van der Waals surface area contributed by atoms with Crippen molar-refractivity contribution >= 4 is 6.47 Å². The zero-order valence-electron chi connectivity index (χ0n) is 9.31. The zero-order chi connectivity index (χ0) is 12.8. The Morgan fingerprint density at radius 3 is 2.65 bits per heavy atom. The SMILES string of the molecule is CCc1cc(C2OCC(O)C2O)on1.O=CO. The first kappa shape index (κ1) is 13.6. The van der Waals surface area contributed by atoms with Crippen LogP contribution in [-0.4, -0.2) is 45.8 Å². The molecule has 1 saturated heterocycles. The second-order valence-electron chi connectivity index (χ2n) is 3.49. The third kappa shape index (κ3) is 3.26. The molecule has 0 amide bonds. The molecule has 2 rings (SSSR count). The first-order valence-corrected chi connectivity index (χ1v) is 5.15. The minimum atomic E-state index is -0.923. The molecule has 0 spiro atoms. The van der Waals surface area contributed by atoms with Crippen LogP contribution in [0.3, 0.4) is 0 Å². The molecular formula is C10H15NO6. The highest BCUT2D eigenvalue weighted by Gasteiger charge is 2.38. The molecule has 0 radical (unpaired) electrons. The van der Waals surface area contributed by atoms with Gasteiger partial charge in [-0.1, -0.05) is 12.1 Å². The molecule has 1 fully saturated rings. The molecule has 1 aliphatic heterocycles. The Balaban J connectivity index is 0.000000437. The lowest BCUT2D eigenvalue weighted by Gasteiger charge is -2.10. The molecule has 96 valence electrons. The summed E-state index contributed by atoms with van der Waals surface area (Å²) < 4.78 is 10.2. The highest BCUT2D eigenvalue weighted by molar-refractivity contribution is 5.32. The van der Waals surface area contributed by atoms with Crippen molar-refractivity contribution in [2.45, 2.75) is 31.7 Å². The third-order valence-corrected chi connectivity index (χ3v) is 2.37. The van der Waals surface area contributed by atoms with Crippen LogP contribution in [0.25, 0.3) is 0 Å². The van der Waals surface area contributed by atoms with Gasteiger partial charge in [0.05, 0.1) is 12.3 Å². The van der Waals surface area contributed by atoms with E-state index in [9.17, 15) is 10.2 Å². The van der Waals surface area contributed by atoms with Crippen LogP contribution in [0, 0.1) is 0 Å². The number of aliphatic hydroxyl groups excluding tert-OH is 2. The van der Waals surface area contributed by atoms with Crippen molar-refractivity contribution in [3.63, 3.8) is 0 Å². The molecule has 1 aromatic rings. The number of hydrogen-bond donors (Lipinski definition) is 3. The van der Waals surface area contributed by atoms with E-state index in [1.165, 1.54) is 0 Å². The Morgan fingerprint density at radius 1 is 1.59 bits per heavy atom. The van der Waals surface area contributed by atoms with Crippen molar-refractivity contribution in [3.05, 3.63) is 17.5 Å². The van der Waals surface area contributed by atoms with Crippen LogP contribution >= 0.6 is 0 Å². The van der Waals surface area contributed by atoms with Crippen LogP contribution in [0.1, 0.15) is 24.5 Å². The van der Waals surface area contributed by atoms with E-state index in [0.29, 0.717) is 5.76 Å². The number of carbonyl (C=O) groups is 1. The zero-order valence-corrected chi connectivity index (χ0v) is 9.31. The van der Waals surface area contributed by atoms with Crippen molar-refractivity contribution in [3.8, 4) is 0 Å². The quantitative estimate of drug-likeness (QED) is 0.614. The third-order valence-electron chi connectivity index (χ3n) is 2.37. The Kier molecular flexibility index (Phi) is 5.08. The van der Waals surface area contributed by atoms with E-state index in [-0.39, 0.29) is 13.1 Å². The fourth-order valence-corrected chi connectivity index (χ4v) is 1.48. The summed E-state index contributed by atoms with van der Waals surface area (Å²) in [5.41, 5.74) is 0.817. The van der Waals surface area contributed by atoms with Gasteiger partial charge in [0.1, 0.15) is 18.3 Å². The second kappa shape index (κ2) is 6.33. The van der Waals surface area contributed by atoms with Crippen LogP contribution in [-0.2, 0) is 16.0 Å². The first-order chi connectivity index (χ1) is 8.13. The average molecular weight is 245 g/mol. The van der Waals surface area contributed by atoms with Crippen LogP contribution in [0.4, 0.5) is 0 Å². The summed E-state index contributed by atoms with van der Waals surface area (Å²) >= 11 is 0. The number of aromatic nitrogens is 1. The number of nitrogens with zero attached hydrogens (tertiary/aromatic N) is 1. The van der Waals surface area contributed by atoms with Crippen LogP contribution in [0.15, 0.2) is 10.6 Å². The standard InChI is InChI=1S/C9H13NO4.CH2O2/c1-2-5-3-7(14-10-5)9-8(12)6(11)4-13-9;2-1-3/h3,6,8-9,11-12H,2,4H2,1H3;1H,(H,2,3). The van der Waals surface area contributed by atoms with Crippen molar-refractivity contribution in [2.75, 3.05) is 6.61 Å². The Bertz CT molecular complexity index is 352. The molecule has 17 heavy (non-hydrogen) atoms. The summed E-state index contributed by atoms with van der Waals surface area (Å²) in [4.78, 5) is 8.36. The fourth-order valence-electron chi connectivity index (χ4n) is 1.48. The number of aryl methyl sites for hydroxylation is 1. The van der Waals surface area contributed by atoms with Gasteiger partial charge in [-0.3, -0.25) is 4.79 Å². The second-order valence-corrected chi connectivity index (χ2v) is 3.49. The minimum absolute atomic E-state index is 0.133. The predicted molar refractivity (Wildman–Crippen MR) is 55.3 cm³/mol. The Hall–Kier alpha value is -1.44. The highest BCUT2D eigenvalue weighted by Crippen LogP contribution is 2.29. The van der Waals surface area contributed by atoms with E-state index in [1.54, 1.807) is 6.07 Å². The van der Waals surface area contributed by atoms with Crippen LogP contribution in [0.2, 0.25) is 0 Å². The van der Waals surface area contributed by atoms with Crippen molar-refractivity contribution in [2.24, 2.45) is 0 Å². The lowest BCUT2D eigenvalue weighted by Crippen LogP contribution is -2.24. The molecule has 3 N–H and O–H groups in total. The number of rotatable bonds is 2. The summed E-state index contributed by atoms with van der Waals surface area (Å²) in [6.07, 6.45) is -1.57. The van der Waals surface area contributed by atoms with Crippen LogP contribution in [0.5, 0.6) is 0 Å². The molecule has 0 bridgehead atoms. The molecule has 1 aromatic heterocycles. The lowest BCUT2D eigenvalue weighted by atomic mass is 10.1. The molecule has 0 saturated carbocycles. The van der Waals surface area contributed by atoms with E-state index in [2.05, 4.69) is 5.16 Å². The van der Waals surface area contributed by atoms with Crippen molar-refractivity contribution < 1.29 is 29.4 Å². The van der Waals surface area contributed by atoms with Gasteiger partial charge < -0.3 is 24.6 Å². The van der Waals surface area contributed by atoms with E-state index in [4.69, 9.17) is 19.2 Å². The normalized spacial score (nSPS) is 27.4. The predicted octanol–water partition coefficient (Wildman–Crippen LogP) is -0.269. The fraction of sp³-hybridized carbons (Fsp3) is 0.600. The molecule has 3 unspecified atom stereocenters.